The van der Waals surface area contributed by atoms with Crippen LogP contribution in [0.4, 0.5) is 0 Å². The molecular weight excluding hydrogens is 288 g/mol. The summed E-state index contributed by atoms with van der Waals surface area (Å²) in [6, 6.07) is 8.37. The van der Waals surface area contributed by atoms with Gasteiger partial charge in [-0.05, 0) is 12.1 Å². The van der Waals surface area contributed by atoms with Crippen molar-refractivity contribution in [3.8, 4) is 11.8 Å². The van der Waals surface area contributed by atoms with Crippen LogP contribution in [-0.4, -0.2) is 49.9 Å². The minimum absolute atomic E-state index is 0.210. The summed E-state index contributed by atoms with van der Waals surface area (Å²) in [6.45, 7) is -0.546. The lowest BCUT2D eigenvalue weighted by Gasteiger charge is -2.15. The molecule has 0 aliphatic heterocycles. The van der Waals surface area contributed by atoms with Gasteiger partial charge in [0, 0.05) is 13.6 Å². The summed E-state index contributed by atoms with van der Waals surface area (Å²) < 4.78 is 9.95. The Morgan fingerprint density at radius 2 is 2.05 bits per heavy atom. The average molecular weight is 304 g/mol. The van der Waals surface area contributed by atoms with Crippen molar-refractivity contribution in [3.05, 3.63) is 29.8 Å². The molecule has 116 valence electrons. The van der Waals surface area contributed by atoms with E-state index in [0.29, 0.717) is 11.8 Å². The van der Waals surface area contributed by atoms with Gasteiger partial charge in [-0.2, -0.15) is 5.26 Å². The summed E-state index contributed by atoms with van der Waals surface area (Å²) >= 11 is 0. The molecule has 1 amide bonds. The van der Waals surface area contributed by atoms with Crippen molar-refractivity contribution in [1.82, 2.24) is 4.90 Å². The van der Waals surface area contributed by atoms with Crippen LogP contribution in [0.3, 0.4) is 0 Å². The van der Waals surface area contributed by atoms with Crippen LogP contribution in [-0.2, 0) is 14.3 Å². The number of rotatable bonds is 8. The van der Waals surface area contributed by atoms with E-state index in [1.165, 1.54) is 11.9 Å². The normalized spacial score (nSPS) is 9.45. The number of nitriles is 1. The molecule has 1 aromatic carbocycles. The van der Waals surface area contributed by atoms with Gasteiger partial charge in [0.25, 0.3) is 5.91 Å². The minimum atomic E-state index is -0.720. The van der Waals surface area contributed by atoms with E-state index in [9.17, 15) is 14.4 Å². The van der Waals surface area contributed by atoms with Crippen LogP contribution in [0.5, 0.6) is 5.75 Å². The first-order valence-electron chi connectivity index (χ1n) is 6.52. The summed E-state index contributed by atoms with van der Waals surface area (Å²) in [5, 5.41) is 8.42. The minimum Gasteiger partial charge on any atom is -0.481 e. The van der Waals surface area contributed by atoms with E-state index in [1.54, 1.807) is 24.3 Å². The molecular formula is C15H16N2O5. The number of para-hydroxylation sites is 1. The van der Waals surface area contributed by atoms with E-state index in [-0.39, 0.29) is 18.7 Å². The second kappa shape index (κ2) is 9.13. The quantitative estimate of drug-likeness (QED) is 0.520. The highest BCUT2D eigenvalue weighted by atomic mass is 16.6. The summed E-state index contributed by atoms with van der Waals surface area (Å²) in [4.78, 5) is 35.2. The predicted octanol–water partition coefficient (Wildman–Crippen LogP) is 0.793. The zero-order valence-corrected chi connectivity index (χ0v) is 12.2. The largest absolute Gasteiger partial charge is 0.481 e. The molecule has 22 heavy (non-hydrogen) atoms. The van der Waals surface area contributed by atoms with Crippen LogP contribution < -0.4 is 4.74 Å². The third-order valence-corrected chi connectivity index (χ3v) is 2.73. The third-order valence-electron chi connectivity index (χ3n) is 2.73. The topological polar surface area (TPSA) is 96.7 Å². The Labute approximate surface area is 128 Å². The smallest absolute Gasteiger partial charge is 0.344 e. The first kappa shape index (κ1) is 17.2. The fourth-order valence-corrected chi connectivity index (χ4v) is 1.48. The maximum absolute atomic E-state index is 11.6. The molecule has 0 bridgehead atoms. The number of hydrogen-bond acceptors (Lipinski definition) is 6. The van der Waals surface area contributed by atoms with Gasteiger partial charge in [0.2, 0.25) is 0 Å². The van der Waals surface area contributed by atoms with E-state index in [0.717, 1.165) is 0 Å². The third kappa shape index (κ3) is 5.63. The lowest BCUT2D eigenvalue weighted by molar-refractivity contribution is -0.153. The number of benzene rings is 1. The highest BCUT2D eigenvalue weighted by Gasteiger charge is 2.12. The van der Waals surface area contributed by atoms with Crippen LogP contribution in [0.1, 0.15) is 16.8 Å². The molecule has 0 aliphatic carbocycles. The molecule has 0 radical (unpaired) electrons. The van der Waals surface area contributed by atoms with E-state index in [4.69, 9.17) is 14.7 Å². The number of carbonyl (C=O) groups is 3. The highest BCUT2D eigenvalue weighted by molar-refractivity contribution is 5.81. The van der Waals surface area contributed by atoms with Crippen molar-refractivity contribution in [3.63, 3.8) is 0 Å². The molecule has 0 saturated heterocycles. The van der Waals surface area contributed by atoms with Crippen molar-refractivity contribution in [2.75, 3.05) is 26.8 Å². The van der Waals surface area contributed by atoms with Crippen LogP contribution in [0.2, 0.25) is 0 Å². The second-order valence-electron chi connectivity index (χ2n) is 4.33. The first-order chi connectivity index (χ1) is 10.6. The fourth-order valence-electron chi connectivity index (χ4n) is 1.48. The number of carbonyl (C=O) groups excluding carboxylic acids is 3. The molecule has 0 spiro atoms. The molecule has 0 unspecified atom stereocenters. The summed E-state index contributed by atoms with van der Waals surface area (Å²) in [5.41, 5.74) is 0.322. The van der Waals surface area contributed by atoms with Crippen molar-refractivity contribution >= 4 is 18.2 Å². The Hall–Kier alpha value is -2.88. The number of amides is 1. The summed E-state index contributed by atoms with van der Waals surface area (Å²) in [6.07, 6.45) is 0.829. The molecule has 0 aromatic heterocycles. The van der Waals surface area contributed by atoms with Crippen LogP contribution in [0.15, 0.2) is 24.3 Å². The zero-order valence-electron chi connectivity index (χ0n) is 12.2. The zero-order chi connectivity index (χ0) is 16.4. The lowest BCUT2D eigenvalue weighted by atomic mass is 10.2. The van der Waals surface area contributed by atoms with Crippen LogP contribution in [0.25, 0.3) is 0 Å². The number of hydrogen-bond donors (Lipinski definition) is 0. The molecule has 7 heteroatoms. The van der Waals surface area contributed by atoms with Crippen molar-refractivity contribution < 1.29 is 23.9 Å². The van der Waals surface area contributed by atoms with E-state index >= 15 is 0 Å². The Morgan fingerprint density at radius 3 is 2.73 bits per heavy atom. The number of esters is 1. The Bertz CT molecular complexity index is 580. The molecule has 0 fully saturated rings. The second-order valence-corrected chi connectivity index (χ2v) is 4.33. The predicted molar refractivity (Wildman–Crippen MR) is 76.2 cm³/mol. The molecule has 0 heterocycles. The molecule has 0 aliphatic rings. The molecule has 0 N–H and O–H groups in total. The molecule has 0 saturated carbocycles. The Kier molecular flexibility index (Phi) is 7.13. The summed E-state index contributed by atoms with van der Waals surface area (Å²) in [7, 11) is 1.52. The van der Waals surface area contributed by atoms with Gasteiger partial charge >= 0.3 is 5.97 Å². The van der Waals surface area contributed by atoms with Crippen molar-refractivity contribution in [2.24, 2.45) is 0 Å². The fraction of sp³-hybridized carbons (Fsp3) is 0.333. The standard InChI is InChI=1S/C15H16N2O5/c1-17(8-4-7-16)14(19)10-22-15(20)11-21-13-6-3-2-5-12(13)9-18/h2-3,5-6,9H,4,8,10-11H2,1H3. The summed E-state index contributed by atoms with van der Waals surface area (Å²) in [5.74, 6) is -0.855. The Morgan fingerprint density at radius 1 is 1.32 bits per heavy atom. The lowest BCUT2D eigenvalue weighted by Crippen LogP contribution is -2.32. The Balaban J connectivity index is 2.36. The van der Waals surface area contributed by atoms with Crippen molar-refractivity contribution in [2.45, 2.75) is 6.42 Å². The van der Waals surface area contributed by atoms with Crippen molar-refractivity contribution in [1.29, 1.82) is 5.26 Å². The van der Waals surface area contributed by atoms with Gasteiger partial charge in [-0.1, -0.05) is 12.1 Å². The number of aldehydes is 1. The van der Waals surface area contributed by atoms with E-state index < -0.39 is 25.1 Å². The maximum Gasteiger partial charge on any atom is 0.344 e. The van der Waals surface area contributed by atoms with Gasteiger partial charge in [-0.3, -0.25) is 9.59 Å². The molecule has 1 rings (SSSR count). The van der Waals surface area contributed by atoms with Gasteiger partial charge in [-0.25, -0.2) is 4.79 Å². The van der Waals surface area contributed by atoms with E-state index in [2.05, 4.69) is 0 Å². The molecule has 1 aromatic rings. The molecule has 7 nitrogen and oxygen atoms in total. The van der Waals surface area contributed by atoms with Gasteiger partial charge in [0.1, 0.15) is 5.75 Å². The number of likely N-dealkylation sites (N-methyl/N-ethyl adjacent to an activating group) is 1. The van der Waals surface area contributed by atoms with Gasteiger partial charge in [0.15, 0.2) is 19.5 Å². The van der Waals surface area contributed by atoms with E-state index in [1.807, 2.05) is 6.07 Å². The SMILES string of the molecule is CN(CCC#N)C(=O)COC(=O)COc1ccccc1C=O. The van der Waals surface area contributed by atoms with Crippen LogP contribution >= 0.6 is 0 Å². The number of nitrogens with zero attached hydrogens (tertiary/aromatic N) is 2. The molecule has 0 atom stereocenters. The monoisotopic (exact) mass is 304 g/mol. The van der Waals surface area contributed by atoms with Gasteiger partial charge in [0.05, 0.1) is 18.1 Å². The highest BCUT2D eigenvalue weighted by Crippen LogP contribution is 2.15. The average Bonchev–Trinajstić information content (AvgIpc) is 2.55. The van der Waals surface area contributed by atoms with Gasteiger partial charge in [-0.15, -0.1) is 0 Å². The van der Waals surface area contributed by atoms with Gasteiger partial charge < -0.3 is 14.4 Å². The first-order valence-corrected chi connectivity index (χ1v) is 6.52. The number of ether oxygens (including phenoxy) is 2. The van der Waals surface area contributed by atoms with Crippen LogP contribution in [0, 0.1) is 11.3 Å². The maximum atomic E-state index is 11.6.